The number of ether oxygens (including phenoxy) is 1. The molecule has 1 amide bonds. The zero-order chi connectivity index (χ0) is 21.8. The SMILES string of the molecule is CCc1c(C)sc2nc(SCCC(=O)NC3CCCCC3)n(C[C@@H]3CCCO3)c(=O)c12. The number of carbonyl (C=O) groups excluding carboxylic acids is 1. The number of hydrogen-bond donors (Lipinski definition) is 1. The molecular formula is C23H33N3O3S2. The average Bonchev–Trinajstić information content (AvgIpc) is 3.38. The van der Waals surface area contributed by atoms with E-state index in [1.54, 1.807) is 15.9 Å². The van der Waals surface area contributed by atoms with Crippen molar-refractivity contribution in [2.24, 2.45) is 0 Å². The molecule has 31 heavy (non-hydrogen) atoms. The Kier molecular flexibility index (Phi) is 7.72. The molecule has 1 aliphatic carbocycles. The molecule has 3 heterocycles. The van der Waals surface area contributed by atoms with Crippen molar-refractivity contribution in [3.63, 3.8) is 0 Å². The summed E-state index contributed by atoms with van der Waals surface area (Å²) in [5.74, 6) is 0.723. The predicted octanol–water partition coefficient (Wildman–Crippen LogP) is 4.44. The van der Waals surface area contributed by atoms with Crippen LogP contribution in [0.5, 0.6) is 0 Å². The maximum Gasteiger partial charge on any atom is 0.263 e. The van der Waals surface area contributed by atoms with Crippen molar-refractivity contribution in [1.29, 1.82) is 0 Å². The van der Waals surface area contributed by atoms with E-state index in [4.69, 9.17) is 9.72 Å². The van der Waals surface area contributed by atoms with Gasteiger partial charge < -0.3 is 10.1 Å². The van der Waals surface area contributed by atoms with Crippen LogP contribution in [0.25, 0.3) is 10.2 Å². The number of aromatic nitrogens is 2. The molecule has 1 atom stereocenters. The van der Waals surface area contributed by atoms with Crippen LogP contribution in [0, 0.1) is 6.92 Å². The summed E-state index contributed by atoms with van der Waals surface area (Å²) in [6, 6.07) is 0.333. The number of aryl methyl sites for hydroxylation is 2. The fraction of sp³-hybridized carbons (Fsp3) is 0.696. The second kappa shape index (κ2) is 10.5. The maximum atomic E-state index is 13.5. The first kappa shape index (κ1) is 22.8. The first-order valence-corrected chi connectivity index (χ1v) is 13.4. The van der Waals surface area contributed by atoms with Gasteiger partial charge in [0.15, 0.2) is 5.16 Å². The van der Waals surface area contributed by atoms with Gasteiger partial charge in [0, 0.05) is 29.7 Å². The third kappa shape index (κ3) is 5.34. The minimum absolute atomic E-state index is 0.0378. The Morgan fingerprint density at radius 1 is 1.26 bits per heavy atom. The van der Waals surface area contributed by atoms with Gasteiger partial charge in [0.05, 0.1) is 18.0 Å². The summed E-state index contributed by atoms with van der Waals surface area (Å²) in [5.41, 5.74) is 1.15. The lowest BCUT2D eigenvalue weighted by Gasteiger charge is -2.22. The smallest absolute Gasteiger partial charge is 0.263 e. The number of hydrogen-bond acceptors (Lipinski definition) is 6. The number of fused-ring (bicyclic) bond motifs is 1. The number of thioether (sulfide) groups is 1. The molecule has 0 aromatic carbocycles. The monoisotopic (exact) mass is 463 g/mol. The van der Waals surface area contributed by atoms with Gasteiger partial charge in [-0.3, -0.25) is 14.2 Å². The van der Waals surface area contributed by atoms with Gasteiger partial charge in [-0.1, -0.05) is 37.9 Å². The normalized spacial score (nSPS) is 19.9. The van der Waals surface area contributed by atoms with Crippen molar-refractivity contribution in [2.45, 2.75) is 95.5 Å². The van der Waals surface area contributed by atoms with Crippen LogP contribution in [0.1, 0.15) is 68.7 Å². The Balaban J connectivity index is 1.50. The molecule has 2 aromatic heterocycles. The molecule has 2 aliphatic rings. The van der Waals surface area contributed by atoms with Gasteiger partial charge >= 0.3 is 0 Å². The summed E-state index contributed by atoms with van der Waals surface area (Å²) < 4.78 is 7.61. The summed E-state index contributed by atoms with van der Waals surface area (Å²) in [7, 11) is 0. The van der Waals surface area contributed by atoms with Crippen molar-refractivity contribution in [2.75, 3.05) is 12.4 Å². The first-order valence-electron chi connectivity index (χ1n) is 11.6. The zero-order valence-electron chi connectivity index (χ0n) is 18.6. The lowest BCUT2D eigenvalue weighted by Crippen LogP contribution is -2.36. The molecule has 8 heteroatoms. The molecule has 0 radical (unpaired) electrons. The first-order chi connectivity index (χ1) is 15.1. The zero-order valence-corrected chi connectivity index (χ0v) is 20.2. The molecule has 1 saturated carbocycles. The van der Waals surface area contributed by atoms with Crippen LogP contribution in [0.3, 0.4) is 0 Å². The second-order valence-electron chi connectivity index (χ2n) is 8.62. The van der Waals surface area contributed by atoms with Gasteiger partial charge in [0.2, 0.25) is 5.91 Å². The van der Waals surface area contributed by atoms with Crippen molar-refractivity contribution < 1.29 is 9.53 Å². The van der Waals surface area contributed by atoms with Gasteiger partial charge in [-0.05, 0) is 44.6 Å². The van der Waals surface area contributed by atoms with Crippen molar-refractivity contribution in [3.8, 4) is 0 Å². The number of thiophene rings is 1. The molecule has 170 valence electrons. The standard InChI is InChI=1S/C23H33N3O3S2/c1-3-18-15(2)31-21-20(18)22(28)26(14-17-10-7-12-29-17)23(25-21)30-13-11-19(27)24-16-8-5-4-6-9-16/h16-17H,3-14H2,1-2H3,(H,24,27)/t17-/m0/s1. The second-order valence-corrected chi connectivity index (χ2v) is 10.9. The third-order valence-electron chi connectivity index (χ3n) is 6.37. The van der Waals surface area contributed by atoms with Gasteiger partial charge in [0.25, 0.3) is 5.56 Å². The number of carbonyl (C=O) groups is 1. The minimum atomic E-state index is 0.0378. The molecule has 4 rings (SSSR count). The van der Waals surface area contributed by atoms with Crippen LogP contribution in [0.15, 0.2) is 9.95 Å². The summed E-state index contributed by atoms with van der Waals surface area (Å²) in [5, 5.41) is 4.66. The van der Waals surface area contributed by atoms with E-state index in [0.717, 1.165) is 54.5 Å². The number of rotatable bonds is 8. The number of nitrogens with one attached hydrogen (secondary N) is 1. The summed E-state index contributed by atoms with van der Waals surface area (Å²) in [4.78, 5) is 32.7. The lowest BCUT2D eigenvalue weighted by molar-refractivity contribution is -0.121. The molecule has 1 N–H and O–H groups in total. The lowest BCUT2D eigenvalue weighted by atomic mass is 9.95. The van der Waals surface area contributed by atoms with Crippen LogP contribution in [-0.4, -0.2) is 40.0 Å². The largest absolute Gasteiger partial charge is 0.376 e. The molecule has 0 spiro atoms. The van der Waals surface area contributed by atoms with Crippen molar-refractivity contribution >= 4 is 39.2 Å². The van der Waals surface area contributed by atoms with Gasteiger partial charge in [-0.2, -0.15) is 0 Å². The molecule has 6 nitrogen and oxygen atoms in total. The highest BCUT2D eigenvalue weighted by Crippen LogP contribution is 2.30. The highest BCUT2D eigenvalue weighted by atomic mass is 32.2. The highest BCUT2D eigenvalue weighted by molar-refractivity contribution is 7.99. The van der Waals surface area contributed by atoms with Gasteiger partial charge in [-0.25, -0.2) is 4.98 Å². The van der Waals surface area contributed by atoms with E-state index in [1.807, 2.05) is 0 Å². The number of nitrogens with zero attached hydrogens (tertiary/aromatic N) is 2. The van der Waals surface area contributed by atoms with E-state index in [-0.39, 0.29) is 17.6 Å². The van der Waals surface area contributed by atoms with Gasteiger partial charge in [-0.15, -0.1) is 11.3 Å². The van der Waals surface area contributed by atoms with Crippen LogP contribution in [0.2, 0.25) is 0 Å². The quantitative estimate of drug-likeness (QED) is 0.463. The average molecular weight is 464 g/mol. The Morgan fingerprint density at radius 2 is 2.06 bits per heavy atom. The fourth-order valence-electron chi connectivity index (χ4n) is 4.70. The topological polar surface area (TPSA) is 73.2 Å². The summed E-state index contributed by atoms with van der Waals surface area (Å²) in [6.45, 7) is 5.45. The molecule has 2 aromatic rings. The molecular weight excluding hydrogens is 430 g/mol. The number of amides is 1. The summed E-state index contributed by atoms with van der Waals surface area (Å²) >= 11 is 3.11. The maximum absolute atomic E-state index is 13.5. The third-order valence-corrected chi connectivity index (χ3v) is 8.39. The van der Waals surface area contributed by atoms with E-state index in [0.29, 0.717) is 29.9 Å². The van der Waals surface area contributed by atoms with E-state index >= 15 is 0 Å². The van der Waals surface area contributed by atoms with Crippen molar-refractivity contribution in [3.05, 3.63) is 20.8 Å². The Labute approximate surface area is 192 Å². The predicted molar refractivity (Wildman–Crippen MR) is 127 cm³/mol. The van der Waals surface area contributed by atoms with E-state index < -0.39 is 0 Å². The van der Waals surface area contributed by atoms with E-state index in [2.05, 4.69) is 19.2 Å². The minimum Gasteiger partial charge on any atom is -0.376 e. The van der Waals surface area contributed by atoms with Crippen LogP contribution in [0.4, 0.5) is 0 Å². The van der Waals surface area contributed by atoms with Crippen molar-refractivity contribution in [1.82, 2.24) is 14.9 Å². The van der Waals surface area contributed by atoms with Crippen LogP contribution in [-0.2, 0) is 22.5 Å². The highest BCUT2D eigenvalue weighted by Gasteiger charge is 2.23. The van der Waals surface area contributed by atoms with Crippen LogP contribution >= 0.6 is 23.1 Å². The van der Waals surface area contributed by atoms with E-state index in [1.165, 1.54) is 35.9 Å². The van der Waals surface area contributed by atoms with Crippen LogP contribution < -0.4 is 10.9 Å². The Bertz CT molecular complexity index is 973. The molecule has 0 bridgehead atoms. The van der Waals surface area contributed by atoms with Gasteiger partial charge in [0.1, 0.15) is 4.83 Å². The Morgan fingerprint density at radius 3 is 2.77 bits per heavy atom. The molecule has 1 aliphatic heterocycles. The molecule has 0 unspecified atom stereocenters. The molecule has 1 saturated heterocycles. The summed E-state index contributed by atoms with van der Waals surface area (Å²) in [6.07, 6.45) is 9.23. The fourth-order valence-corrected chi connectivity index (χ4v) is 6.80. The molecule has 2 fully saturated rings. The Hall–Kier alpha value is -1.38. The van der Waals surface area contributed by atoms with E-state index in [9.17, 15) is 9.59 Å².